The van der Waals surface area contributed by atoms with Crippen molar-refractivity contribution in [2.75, 3.05) is 14.1 Å². The Hall–Kier alpha value is -3.03. The molecular formula is C17H12Cl2F3N5O2. The Bertz CT molecular complexity index is 1050. The summed E-state index contributed by atoms with van der Waals surface area (Å²) >= 11 is 12.1. The minimum Gasteiger partial charge on any atom is -0.478 e. The molecule has 0 saturated carbocycles. The molecule has 0 saturated heterocycles. The third-order valence-electron chi connectivity index (χ3n) is 3.49. The molecule has 29 heavy (non-hydrogen) atoms. The molecule has 0 aliphatic carbocycles. The molecule has 1 aromatic heterocycles. The second kappa shape index (κ2) is 8.14. The fourth-order valence-electron chi connectivity index (χ4n) is 2.25. The highest BCUT2D eigenvalue weighted by Crippen LogP contribution is 2.40. The van der Waals surface area contributed by atoms with Gasteiger partial charge in [0.25, 0.3) is 0 Å². The van der Waals surface area contributed by atoms with Crippen molar-refractivity contribution in [3.05, 3.63) is 45.6 Å². The van der Waals surface area contributed by atoms with Gasteiger partial charge in [-0.1, -0.05) is 29.8 Å². The van der Waals surface area contributed by atoms with Crippen molar-refractivity contribution in [1.82, 2.24) is 14.7 Å². The summed E-state index contributed by atoms with van der Waals surface area (Å²) in [7, 11) is 3.25. The molecule has 0 aliphatic heterocycles. The standard InChI is InChI=1S/C17H12Cl2F3N5O2/c1-8(16(28)29)13-12(6-23)25-27(15(13)24-7-26(2)3)14-10(18)4-9(5-11(14)19)17(20,21)22/h4-5,7H,1H2,2-3H3,(H,28,29)/b24-7+. The van der Waals surface area contributed by atoms with Crippen LogP contribution in [0.15, 0.2) is 23.7 Å². The highest BCUT2D eigenvalue weighted by molar-refractivity contribution is 6.38. The van der Waals surface area contributed by atoms with Crippen LogP contribution in [0.1, 0.15) is 16.8 Å². The number of rotatable bonds is 5. The second-order valence-corrected chi connectivity index (χ2v) is 6.66. The van der Waals surface area contributed by atoms with E-state index in [1.54, 1.807) is 20.2 Å². The van der Waals surface area contributed by atoms with Gasteiger partial charge in [-0.2, -0.15) is 23.5 Å². The Kier molecular flexibility index (Phi) is 6.25. The van der Waals surface area contributed by atoms with E-state index in [9.17, 15) is 28.3 Å². The Morgan fingerprint density at radius 3 is 2.34 bits per heavy atom. The maximum Gasteiger partial charge on any atom is 0.416 e. The highest BCUT2D eigenvalue weighted by Gasteiger charge is 2.33. The molecule has 0 unspecified atom stereocenters. The van der Waals surface area contributed by atoms with Crippen LogP contribution in [0.2, 0.25) is 10.0 Å². The number of carboxylic acid groups (broad SMARTS) is 1. The molecule has 1 heterocycles. The number of hydrogen-bond acceptors (Lipinski definition) is 4. The predicted octanol–water partition coefficient (Wildman–Crippen LogP) is 4.39. The van der Waals surface area contributed by atoms with Crippen LogP contribution in [0.25, 0.3) is 11.3 Å². The zero-order valence-electron chi connectivity index (χ0n) is 14.9. The normalized spacial score (nSPS) is 11.5. The number of alkyl halides is 3. The molecule has 2 rings (SSSR count). The van der Waals surface area contributed by atoms with E-state index in [2.05, 4.69) is 16.7 Å². The van der Waals surface area contributed by atoms with Crippen LogP contribution < -0.4 is 0 Å². The molecule has 152 valence electrons. The number of aromatic nitrogens is 2. The van der Waals surface area contributed by atoms with Crippen molar-refractivity contribution in [1.29, 1.82) is 5.26 Å². The Labute approximate surface area is 172 Å². The van der Waals surface area contributed by atoms with Crippen molar-refractivity contribution in [3.63, 3.8) is 0 Å². The van der Waals surface area contributed by atoms with Gasteiger partial charge >= 0.3 is 12.1 Å². The molecule has 0 aliphatic rings. The van der Waals surface area contributed by atoms with Crippen LogP contribution in [0, 0.1) is 11.3 Å². The average Bonchev–Trinajstić information content (AvgIpc) is 2.95. The smallest absolute Gasteiger partial charge is 0.416 e. The lowest BCUT2D eigenvalue weighted by atomic mass is 10.1. The number of aliphatic carboxylic acids is 1. The Morgan fingerprint density at radius 1 is 1.38 bits per heavy atom. The molecule has 12 heteroatoms. The third-order valence-corrected chi connectivity index (χ3v) is 4.07. The summed E-state index contributed by atoms with van der Waals surface area (Å²) in [4.78, 5) is 17.0. The molecule has 1 aromatic carbocycles. The lowest BCUT2D eigenvalue weighted by Crippen LogP contribution is -2.09. The fourth-order valence-corrected chi connectivity index (χ4v) is 2.90. The number of benzene rings is 1. The maximum absolute atomic E-state index is 13.0. The van der Waals surface area contributed by atoms with Gasteiger partial charge in [0.05, 0.1) is 33.1 Å². The van der Waals surface area contributed by atoms with E-state index in [1.807, 2.05) is 0 Å². The zero-order chi connectivity index (χ0) is 22.1. The zero-order valence-corrected chi connectivity index (χ0v) is 16.4. The topological polar surface area (TPSA) is 94.5 Å². The number of nitrogens with zero attached hydrogens (tertiary/aromatic N) is 5. The second-order valence-electron chi connectivity index (χ2n) is 5.85. The first kappa shape index (κ1) is 22.3. The minimum absolute atomic E-state index is 0.189. The van der Waals surface area contributed by atoms with E-state index in [0.717, 1.165) is 4.68 Å². The van der Waals surface area contributed by atoms with Gasteiger partial charge in [0.2, 0.25) is 0 Å². The summed E-state index contributed by atoms with van der Waals surface area (Å²) in [6.45, 7) is 3.41. The monoisotopic (exact) mass is 445 g/mol. The van der Waals surface area contributed by atoms with Gasteiger partial charge < -0.3 is 10.0 Å². The van der Waals surface area contributed by atoms with Crippen LogP contribution in [0.4, 0.5) is 19.0 Å². The third kappa shape index (κ3) is 4.52. The van der Waals surface area contributed by atoms with Crippen LogP contribution >= 0.6 is 23.2 Å². The van der Waals surface area contributed by atoms with Crippen molar-refractivity contribution in [2.24, 2.45) is 4.99 Å². The minimum atomic E-state index is -4.69. The number of carboxylic acids is 1. The molecule has 0 atom stereocenters. The molecule has 0 bridgehead atoms. The molecule has 1 N–H and O–H groups in total. The first-order valence-corrected chi connectivity index (χ1v) is 8.37. The van der Waals surface area contributed by atoms with Gasteiger partial charge in [-0.15, -0.1) is 0 Å². The Balaban J connectivity index is 2.88. The van der Waals surface area contributed by atoms with Gasteiger partial charge in [0.15, 0.2) is 11.5 Å². The first-order chi connectivity index (χ1) is 13.4. The number of nitriles is 1. The number of aliphatic imine (C=N–C) groups is 1. The summed E-state index contributed by atoms with van der Waals surface area (Å²) in [5.74, 6) is -1.63. The molecule has 0 spiro atoms. The quantitative estimate of drug-likeness (QED) is 0.418. The lowest BCUT2D eigenvalue weighted by Gasteiger charge is -2.14. The van der Waals surface area contributed by atoms with Gasteiger partial charge in [0.1, 0.15) is 11.8 Å². The van der Waals surface area contributed by atoms with E-state index in [0.29, 0.717) is 12.1 Å². The van der Waals surface area contributed by atoms with Crippen molar-refractivity contribution >= 4 is 46.9 Å². The Morgan fingerprint density at radius 2 is 1.93 bits per heavy atom. The summed E-state index contributed by atoms with van der Waals surface area (Å²) in [5, 5.41) is 21.7. The fraction of sp³-hybridized carbons (Fsp3) is 0.176. The molecule has 2 aromatic rings. The SMILES string of the molecule is C=C(C(=O)O)c1c(C#N)nn(-c2c(Cl)cc(C(F)(F)F)cc2Cl)c1/N=C/N(C)C. The van der Waals surface area contributed by atoms with Crippen LogP contribution in [0.3, 0.4) is 0 Å². The first-order valence-electron chi connectivity index (χ1n) is 7.61. The average molecular weight is 446 g/mol. The molecule has 7 nitrogen and oxygen atoms in total. The summed E-state index contributed by atoms with van der Waals surface area (Å²) in [5.41, 5.74) is -2.36. The molecule has 0 amide bonds. The maximum atomic E-state index is 13.0. The van der Waals surface area contributed by atoms with E-state index < -0.39 is 33.3 Å². The predicted molar refractivity (Wildman–Crippen MR) is 102 cm³/mol. The van der Waals surface area contributed by atoms with Crippen LogP contribution in [-0.2, 0) is 11.0 Å². The molecule has 0 radical (unpaired) electrons. The number of hydrogen-bond donors (Lipinski definition) is 1. The van der Waals surface area contributed by atoms with Gasteiger partial charge in [-0.3, -0.25) is 0 Å². The van der Waals surface area contributed by atoms with Gasteiger partial charge in [-0.25, -0.2) is 14.5 Å². The van der Waals surface area contributed by atoms with E-state index in [4.69, 9.17) is 23.2 Å². The van der Waals surface area contributed by atoms with Gasteiger partial charge in [-0.05, 0) is 12.1 Å². The van der Waals surface area contributed by atoms with Crippen LogP contribution in [0.5, 0.6) is 0 Å². The summed E-state index contributed by atoms with van der Waals surface area (Å²) in [6, 6.07) is 3.00. The van der Waals surface area contributed by atoms with Crippen LogP contribution in [-0.4, -0.2) is 46.2 Å². The summed E-state index contributed by atoms with van der Waals surface area (Å²) < 4.78 is 39.9. The number of halogens is 5. The molecule has 0 fully saturated rings. The van der Waals surface area contributed by atoms with E-state index in [-0.39, 0.29) is 22.8 Å². The van der Waals surface area contributed by atoms with Crippen molar-refractivity contribution in [2.45, 2.75) is 6.18 Å². The van der Waals surface area contributed by atoms with E-state index in [1.165, 1.54) is 11.2 Å². The van der Waals surface area contributed by atoms with Crippen molar-refractivity contribution < 1.29 is 23.1 Å². The lowest BCUT2D eigenvalue weighted by molar-refractivity contribution is -0.137. The van der Waals surface area contributed by atoms with Gasteiger partial charge in [0, 0.05) is 14.1 Å². The summed E-state index contributed by atoms with van der Waals surface area (Å²) in [6.07, 6.45) is -3.42. The largest absolute Gasteiger partial charge is 0.478 e. The highest BCUT2D eigenvalue weighted by atomic mass is 35.5. The number of carbonyl (C=O) groups is 1. The molecular weight excluding hydrogens is 434 g/mol. The van der Waals surface area contributed by atoms with Crippen molar-refractivity contribution in [3.8, 4) is 11.8 Å². The van der Waals surface area contributed by atoms with E-state index >= 15 is 0 Å².